The largest absolute Gasteiger partial charge is 0.481 e. The molecule has 0 amide bonds. The fourth-order valence-electron chi connectivity index (χ4n) is 1.10. The smallest absolute Gasteiger partial charge is 0.313 e. The third kappa shape index (κ3) is 1.74. The Morgan fingerprint density at radius 3 is 2.64 bits per heavy atom. The SMILES string of the molecule is CC(C)(C(=O)O)c1cccc(C#N)c1. The zero-order chi connectivity index (χ0) is 10.8. The second-order valence-electron chi connectivity index (χ2n) is 3.62. The van der Waals surface area contributed by atoms with Crippen LogP contribution in [0.1, 0.15) is 25.0 Å². The van der Waals surface area contributed by atoms with Gasteiger partial charge < -0.3 is 5.11 Å². The van der Waals surface area contributed by atoms with Crippen molar-refractivity contribution in [3.8, 4) is 6.07 Å². The maximum atomic E-state index is 10.9. The van der Waals surface area contributed by atoms with Gasteiger partial charge in [-0.2, -0.15) is 5.26 Å². The molecule has 0 radical (unpaired) electrons. The molecule has 14 heavy (non-hydrogen) atoms. The van der Waals surface area contributed by atoms with Crippen molar-refractivity contribution in [2.24, 2.45) is 0 Å². The van der Waals surface area contributed by atoms with Crippen LogP contribution in [0.4, 0.5) is 0 Å². The summed E-state index contributed by atoms with van der Waals surface area (Å²) < 4.78 is 0. The summed E-state index contributed by atoms with van der Waals surface area (Å²) in [7, 11) is 0. The lowest BCUT2D eigenvalue weighted by Crippen LogP contribution is -2.28. The van der Waals surface area contributed by atoms with E-state index in [1.165, 1.54) is 0 Å². The first-order chi connectivity index (χ1) is 6.48. The lowest BCUT2D eigenvalue weighted by molar-refractivity contribution is -0.142. The highest BCUT2D eigenvalue weighted by Crippen LogP contribution is 2.23. The highest BCUT2D eigenvalue weighted by molar-refractivity contribution is 5.80. The molecule has 0 aliphatic rings. The molecule has 1 N–H and O–H groups in total. The minimum atomic E-state index is -0.952. The van der Waals surface area contributed by atoms with Crippen molar-refractivity contribution in [2.45, 2.75) is 19.3 Å². The van der Waals surface area contributed by atoms with Crippen molar-refractivity contribution in [2.75, 3.05) is 0 Å². The van der Waals surface area contributed by atoms with Crippen molar-refractivity contribution in [3.63, 3.8) is 0 Å². The molecule has 0 bridgehead atoms. The first-order valence-electron chi connectivity index (χ1n) is 4.22. The Kier molecular flexibility index (Phi) is 2.57. The first-order valence-corrected chi connectivity index (χ1v) is 4.22. The third-order valence-corrected chi connectivity index (χ3v) is 2.25. The minimum absolute atomic E-state index is 0.483. The minimum Gasteiger partial charge on any atom is -0.481 e. The van der Waals surface area contributed by atoms with E-state index in [1.54, 1.807) is 38.1 Å². The lowest BCUT2D eigenvalue weighted by atomic mass is 9.84. The Morgan fingerprint density at radius 2 is 2.14 bits per heavy atom. The molecule has 0 aromatic heterocycles. The third-order valence-electron chi connectivity index (χ3n) is 2.25. The predicted molar refractivity (Wildman–Crippen MR) is 51.8 cm³/mol. The highest BCUT2D eigenvalue weighted by Gasteiger charge is 2.29. The predicted octanol–water partition coefficient (Wildman–Crippen LogP) is 1.92. The summed E-state index contributed by atoms with van der Waals surface area (Å²) in [5, 5.41) is 17.6. The summed E-state index contributed by atoms with van der Waals surface area (Å²) in [5.41, 5.74) is 0.174. The molecule has 3 heteroatoms. The van der Waals surface area contributed by atoms with E-state index in [0.29, 0.717) is 11.1 Å². The molecule has 0 fully saturated rings. The highest BCUT2D eigenvalue weighted by atomic mass is 16.4. The van der Waals surface area contributed by atoms with Crippen LogP contribution in [0.15, 0.2) is 24.3 Å². The first kappa shape index (κ1) is 10.3. The lowest BCUT2D eigenvalue weighted by Gasteiger charge is -2.19. The van der Waals surface area contributed by atoms with Crippen LogP contribution >= 0.6 is 0 Å². The number of nitriles is 1. The standard InChI is InChI=1S/C11H11NO2/c1-11(2,10(13)14)9-5-3-4-8(6-9)7-12/h3-6H,1-2H3,(H,13,14). The summed E-state index contributed by atoms with van der Waals surface area (Å²) >= 11 is 0. The second kappa shape index (κ2) is 3.51. The van der Waals surface area contributed by atoms with Crippen LogP contribution < -0.4 is 0 Å². The van der Waals surface area contributed by atoms with Crippen molar-refractivity contribution in [3.05, 3.63) is 35.4 Å². The van der Waals surface area contributed by atoms with E-state index in [1.807, 2.05) is 6.07 Å². The van der Waals surface area contributed by atoms with Crippen LogP contribution in [0.2, 0.25) is 0 Å². The summed E-state index contributed by atoms with van der Waals surface area (Å²) in [6.45, 7) is 3.23. The number of rotatable bonds is 2. The Balaban J connectivity index is 3.21. The van der Waals surface area contributed by atoms with Gasteiger partial charge in [0.05, 0.1) is 17.0 Å². The van der Waals surface area contributed by atoms with Gasteiger partial charge in [0.2, 0.25) is 0 Å². The zero-order valence-corrected chi connectivity index (χ0v) is 8.11. The van der Waals surface area contributed by atoms with Gasteiger partial charge in [-0.1, -0.05) is 12.1 Å². The van der Waals surface area contributed by atoms with Crippen molar-refractivity contribution < 1.29 is 9.90 Å². The molecule has 1 aromatic carbocycles. The molecule has 3 nitrogen and oxygen atoms in total. The maximum absolute atomic E-state index is 10.9. The molecule has 0 saturated heterocycles. The number of carboxylic acids is 1. The average Bonchev–Trinajstić information content (AvgIpc) is 2.17. The Hall–Kier alpha value is -1.82. The van der Waals surface area contributed by atoms with Gasteiger partial charge in [-0.3, -0.25) is 4.79 Å². The molecule has 0 atom stereocenters. The van der Waals surface area contributed by atoms with E-state index >= 15 is 0 Å². The quantitative estimate of drug-likeness (QED) is 0.773. The van der Waals surface area contributed by atoms with Crippen LogP contribution in [0.25, 0.3) is 0 Å². The molecule has 0 aliphatic carbocycles. The van der Waals surface area contributed by atoms with Crippen LogP contribution in [-0.4, -0.2) is 11.1 Å². The normalized spacial score (nSPS) is 10.6. The Labute approximate surface area is 82.6 Å². The summed E-state index contributed by atoms with van der Waals surface area (Å²) in [5.74, 6) is -0.896. The van der Waals surface area contributed by atoms with Gasteiger partial charge in [0.25, 0.3) is 0 Å². The fourth-order valence-corrected chi connectivity index (χ4v) is 1.10. The summed E-state index contributed by atoms with van der Waals surface area (Å²) in [6, 6.07) is 8.66. The molecular weight excluding hydrogens is 178 g/mol. The van der Waals surface area contributed by atoms with E-state index in [9.17, 15) is 4.79 Å². The molecule has 0 saturated carbocycles. The van der Waals surface area contributed by atoms with Gasteiger partial charge in [0.1, 0.15) is 0 Å². The zero-order valence-electron chi connectivity index (χ0n) is 8.11. The molecule has 72 valence electrons. The van der Waals surface area contributed by atoms with Gasteiger partial charge in [0.15, 0.2) is 0 Å². The van der Waals surface area contributed by atoms with E-state index in [-0.39, 0.29) is 0 Å². The number of aliphatic carboxylic acids is 1. The van der Waals surface area contributed by atoms with E-state index < -0.39 is 11.4 Å². The van der Waals surface area contributed by atoms with Gasteiger partial charge in [-0.25, -0.2) is 0 Å². The molecule has 0 aliphatic heterocycles. The van der Waals surface area contributed by atoms with Gasteiger partial charge in [-0.05, 0) is 31.5 Å². The number of hydrogen-bond donors (Lipinski definition) is 1. The van der Waals surface area contributed by atoms with Gasteiger partial charge in [-0.15, -0.1) is 0 Å². The number of hydrogen-bond acceptors (Lipinski definition) is 2. The van der Waals surface area contributed by atoms with Gasteiger partial charge in [0, 0.05) is 0 Å². The Morgan fingerprint density at radius 1 is 1.50 bits per heavy atom. The molecule has 0 unspecified atom stereocenters. The van der Waals surface area contributed by atoms with E-state index in [2.05, 4.69) is 0 Å². The van der Waals surface area contributed by atoms with Crippen LogP contribution in [0.3, 0.4) is 0 Å². The Bertz CT molecular complexity index is 402. The number of carbonyl (C=O) groups is 1. The maximum Gasteiger partial charge on any atom is 0.313 e. The molecule has 1 rings (SSSR count). The van der Waals surface area contributed by atoms with Crippen molar-refractivity contribution >= 4 is 5.97 Å². The van der Waals surface area contributed by atoms with Gasteiger partial charge >= 0.3 is 5.97 Å². The van der Waals surface area contributed by atoms with E-state index in [4.69, 9.17) is 10.4 Å². The second-order valence-corrected chi connectivity index (χ2v) is 3.62. The number of carboxylic acid groups (broad SMARTS) is 1. The molecular formula is C11H11NO2. The van der Waals surface area contributed by atoms with E-state index in [0.717, 1.165) is 0 Å². The fraction of sp³-hybridized carbons (Fsp3) is 0.273. The summed E-state index contributed by atoms with van der Waals surface area (Å²) in [4.78, 5) is 10.9. The molecule has 0 heterocycles. The summed E-state index contributed by atoms with van der Waals surface area (Å²) in [6.07, 6.45) is 0. The van der Waals surface area contributed by atoms with Crippen LogP contribution in [0.5, 0.6) is 0 Å². The number of benzene rings is 1. The van der Waals surface area contributed by atoms with Crippen LogP contribution in [0, 0.1) is 11.3 Å². The van der Waals surface area contributed by atoms with Crippen LogP contribution in [-0.2, 0) is 10.2 Å². The topological polar surface area (TPSA) is 61.1 Å². The monoisotopic (exact) mass is 189 g/mol. The molecule has 0 spiro atoms. The van der Waals surface area contributed by atoms with Crippen molar-refractivity contribution in [1.82, 2.24) is 0 Å². The molecule has 1 aromatic rings. The number of nitrogens with zero attached hydrogens (tertiary/aromatic N) is 1. The van der Waals surface area contributed by atoms with Crippen molar-refractivity contribution in [1.29, 1.82) is 5.26 Å². The average molecular weight is 189 g/mol.